The molecule has 1 rings (SSSR count). The number of hydrogen-bond donors (Lipinski definition) is 2. The van der Waals surface area contributed by atoms with Crippen molar-refractivity contribution < 1.29 is 8.78 Å². The molecule has 1 saturated carbocycles. The minimum atomic E-state index is -2.44. The van der Waals surface area contributed by atoms with Crippen LogP contribution in [0.5, 0.6) is 0 Å². The standard InChI is InChI=1S/C5H9F2NS/c6-5(7)2-1-4(3-5)8-9/h4,8-9H,1-3H2. The molecule has 0 radical (unpaired) electrons. The van der Waals surface area contributed by atoms with Crippen LogP contribution in [0.4, 0.5) is 8.78 Å². The number of halogens is 2. The molecule has 0 spiro atoms. The summed E-state index contributed by atoms with van der Waals surface area (Å²) in [6, 6.07) is -0.0941. The molecule has 0 aliphatic heterocycles. The van der Waals surface area contributed by atoms with Crippen LogP contribution < -0.4 is 4.72 Å². The lowest BCUT2D eigenvalue weighted by atomic mass is 10.3. The summed E-state index contributed by atoms with van der Waals surface area (Å²) in [4.78, 5) is 0. The predicted octanol–water partition coefficient (Wildman–Crippen LogP) is 1.61. The maximum atomic E-state index is 12.3. The molecule has 1 unspecified atom stereocenters. The lowest BCUT2D eigenvalue weighted by molar-refractivity contribution is 0.00767. The first-order valence-corrected chi connectivity index (χ1v) is 3.36. The van der Waals surface area contributed by atoms with Gasteiger partial charge in [-0.2, -0.15) is 0 Å². The monoisotopic (exact) mass is 153 g/mol. The summed E-state index contributed by atoms with van der Waals surface area (Å²) in [5.41, 5.74) is 0. The van der Waals surface area contributed by atoms with Crippen molar-refractivity contribution >= 4 is 12.8 Å². The van der Waals surface area contributed by atoms with E-state index in [0.29, 0.717) is 6.42 Å². The second-order valence-electron chi connectivity index (χ2n) is 2.42. The summed E-state index contributed by atoms with van der Waals surface area (Å²) in [6.45, 7) is 0. The Balaban J connectivity index is 2.38. The number of thiol groups is 1. The zero-order chi connectivity index (χ0) is 6.91. The van der Waals surface area contributed by atoms with Gasteiger partial charge in [0.25, 0.3) is 0 Å². The molecule has 0 aromatic carbocycles. The highest BCUT2D eigenvalue weighted by molar-refractivity contribution is 7.78. The van der Waals surface area contributed by atoms with Gasteiger partial charge in [-0.1, -0.05) is 12.8 Å². The average Bonchev–Trinajstić information content (AvgIpc) is 2.10. The highest BCUT2D eigenvalue weighted by Crippen LogP contribution is 2.34. The van der Waals surface area contributed by atoms with E-state index in [4.69, 9.17) is 0 Å². The lowest BCUT2D eigenvalue weighted by Crippen LogP contribution is -2.19. The van der Waals surface area contributed by atoms with Crippen LogP contribution in [-0.2, 0) is 0 Å². The Labute approximate surface area is 58.4 Å². The molecule has 0 saturated heterocycles. The molecule has 0 heterocycles. The van der Waals surface area contributed by atoms with E-state index in [1.807, 2.05) is 0 Å². The SMILES string of the molecule is FC1(F)CCC(NS)C1. The summed E-state index contributed by atoms with van der Waals surface area (Å²) in [5.74, 6) is -2.44. The van der Waals surface area contributed by atoms with Crippen LogP contribution in [0.1, 0.15) is 19.3 Å². The van der Waals surface area contributed by atoms with Gasteiger partial charge in [-0.3, -0.25) is 4.72 Å². The molecular weight excluding hydrogens is 144 g/mol. The zero-order valence-corrected chi connectivity index (χ0v) is 5.80. The molecule has 1 nitrogen and oxygen atoms in total. The van der Waals surface area contributed by atoms with Gasteiger partial charge in [-0.25, -0.2) is 8.78 Å². The first-order valence-electron chi connectivity index (χ1n) is 2.91. The van der Waals surface area contributed by atoms with E-state index >= 15 is 0 Å². The van der Waals surface area contributed by atoms with Crippen molar-refractivity contribution in [2.24, 2.45) is 0 Å². The Bertz CT molecular complexity index is 107. The van der Waals surface area contributed by atoms with Crippen LogP contribution in [0.3, 0.4) is 0 Å². The topological polar surface area (TPSA) is 12.0 Å². The van der Waals surface area contributed by atoms with Gasteiger partial charge in [0.2, 0.25) is 5.92 Å². The predicted molar refractivity (Wildman–Crippen MR) is 34.7 cm³/mol. The minimum absolute atomic E-state index is 0.00519. The van der Waals surface area contributed by atoms with E-state index in [1.165, 1.54) is 0 Å². The van der Waals surface area contributed by atoms with Gasteiger partial charge in [-0.15, -0.1) is 0 Å². The van der Waals surface area contributed by atoms with Crippen molar-refractivity contribution in [3.05, 3.63) is 0 Å². The molecule has 4 heteroatoms. The van der Waals surface area contributed by atoms with Gasteiger partial charge in [0.15, 0.2) is 0 Å². The lowest BCUT2D eigenvalue weighted by Gasteiger charge is -2.07. The minimum Gasteiger partial charge on any atom is -0.263 e. The van der Waals surface area contributed by atoms with Crippen LogP contribution in [0.2, 0.25) is 0 Å². The fourth-order valence-electron chi connectivity index (χ4n) is 1.06. The fourth-order valence-corrected chi connectivity index (χ4v) is 1.28. The summed E-state index contributed by atoms with van der Waals surface area (Å²) in [7, 11) is 0. The summed E-state index contributed by atoms with van der Waals surface area (Å²) in [5, 5.41) is 0. The number of hydrogen-bond acceptors (Lipinski definition) is 2. The largest absolute Gasteiger partial charge is 0.263 e. The highest BCUT2D eigenvalue weighted by Gasteiger charge is 2.38. The van der Waals surface area contributed by atoms with E-state index in [1.54, 1.807) is 0 Å². The smallest absolute Gasteiger partial charge is 0.249 e. The summed E-state index contributed by atoms with van der Waals surface area (Å²) in [6.07, 6.45) is 0.484. The third-order valence-corrected chi connectivity index (χ3v) is 1.95. The molecule has 1 atom stereocenters. The van der Waals surface area contributed by atoms with Gasteiger partial charge in [0.05, 0.1) is 0 Å². The second kappa shape index (κ2) is 2.42. The van der Waals surface area contributed by atoms with E-state index < -0.39 is 5.92 Å². The molecule has 1 N–H and O–H groups in total. The first-order chi connectivity index (χ1) is 4.14. The molecule has 9 heavy (non-hydrogen) atoms. The van der Waals surface area contributed by atoms with E-state index in [2.05, 4.69) is 17.5 Å². The Morgan fingerprint density at radius 2 is 2.22 bits per heavy atom. The van der Waals surface area contributed by atoms with Gasteiger partial charge in [-0.05, 0) is 6.42 Å². The molecule has 0 aromatic rings. The van der Waals surface area contributed by atoms with Crippen molar-refractivity contribution in [3.63, 3.8) is 0 Å². The van der Waals surface area contributed by atoms with Crippen LogP contribution in [0, 0.1) is 0 Å². The van der Waals surface area contributed by atoms with Crippen LogP contribution in [-0.4, -0.2) is 12.0 Å². The average molecular weight is 153 g/mol. The summed E-state index contributed by atoms with van der Waals surface area (Å²) < 4.78 is 27.1. The molecule has 0 aromatic heterocycles. The van der Waals surface area contributed by atoms with Crippen molar-refractivity contribution in [2.75, 3.05) is 0 Å². The van der Waals surface area contributed by atoms with Crippen molar-refractivity contribution in [1.29, 1.82) is 0 Å². The van der Waals surface area contributed by atoms with E-state index in [9.17, 15) is 8.78 Å². The molecule has 0 bridgehead atoms. The molecule has 1 aliphatic rings. The maximum absolute atomic E-state index is 12.3. The van der Waals surface area contributed by atoms with Gasteiger partial charge in [0, 0.05) is 18.9 Å². The highest BCUT2D eigenvalue weighted by atomic mass is 32.1. The van der Waals surface area contributed by atoms with Gasteiger partial charge >= 0.3 is 0 Å². The van der Waals surface area contributed by atoms with E-state index in [-0.39, 0.29) is 18.9 Å². The van der Waals surface area contributed by atoms with Crippen molar-refractivity contribution in [3.8, 4) is 0 Å². The Morgan fingerprint density at radius 3 is 2.44 bits per heavy atom. The van der Waals surface area contributed by atoms with Gasteiger partial charge < -0.3 is 0 Å². The molecular formula is C5H9F2NS. The number of nitrogens with one attached hydrogen (secondary N) is 1. The Hall–Kier alpha value is 0.170. The molecule has 0 amide bonds. The Morgan fingerprint density at radius 1 is 1.56 bits per heavy atom. The number of rotatable bonds is 1. The van der Waals surface area contributed by atoms with Crippen molar-refractivity contribution in [1.82, 2.24) is 4.72 Å². The van der Waals surface area contributed by atoms with Crippen molar-refractivity contribution in [2.45, 2.75) is 31.2 Å². The fraction of sp³-hybridized carbons (Fsp3) is 1.00. The zero-order valence-electron chi connectivity index (χ0n) is 4.90. The molecule has 1 fully saturated rings. The van der Waals surface area contributed by atoms with Gasteiger partial charge in [0.1, 0.15) is 0 Å². The second-order valence-corrected chi connectivity index (χ2v) is 2.68. The van der Waals surface area contributed by atoms with Crippen LogP contribution >= 0.6 is 12.8 Å². The third kappa shape index (κ3) is 1.79. The third-order valence-electron chi connectivity index (χ3n) is 1.59. The first kappa shape index (κ1) is 7.28. The Kier molecular flexibility index (Phi) is 1.96. The van der Waals surface area contributed by atoms with E-state index in [0.717, 1.165) is 0 Å². The maximum Gasteiger partial charge on any atom is 0.249 e. The molecule has 1 aliphatic carbocycles. The quantitative estimate of drug-likeness (QED) is 0.545. The van der Waals surface area contributed by atoms with Crippen LogP contribution in [0.25, 0.3) is 0 Å². The number of alkyl halides is 2. The normalized spacial score (nSPS) is 33.0. The van der Waals surface area contributed by atoms with Crippen LogP contribution in [0.15, 0.2) is 0 Å². The molecule has 54 valence electrons. The summed E-state index contributed by atoms with van der Waals surface area (Å²) >= 11 is 3.71.